The van der Waals surface area contributed by atoms with Crippen LogP contribution >= 0.6 is 11.6 Å². The van der Waals surface area contributed by atoms with Gasteiger partial charge in [0.2, 0.25) is 0 Å². The van der Waals surface area contributed by atoms with Crippen molar-refractivity contribution < 1.29 is 9.63 Å². The maximum Gasteiger partial charge on any atom is 0.187 e. The summed E-state index contributed by atoms with van der Waals surface area (Å²) in [4.78, 5) is 14.8. The van der Waals surface area contributed by atoms with E-state index >= 15 is 0 Å². The van der Waals surface area contributed by atoms with Crippen molar-refractivity contribution in [3.63, 3.8) is 0 Å². The van der Waals surface area contributed by atoms with E-state index in [9.17, 15) is 4.79 Å². The predicted molar refractivity (Wildman–Crippen MR) is 28.0 cm³/mol. The first kappa shape index (κ1) is 5.59. The van der Waals surface area contributed by atoms with Gasteiger partial charge in [0, 0.05) is 6.08 Å². The van der Waals surface area contributed by atoms with Crippen molar-refractivity contribution in [2.24, 2.45) is 0 Å². The van der Waals surface area contributed by atoms with Gasteiger partial charge in [0.05, 0.1) is 0 Å². The maximum absolute atomic E-state index is 10.3. The molecule has 0 bridgehead atoms. The number of rotatable bonds is 0. The van der Waals surface area contributed by atoms with Gasteiger partial charge in [0.25, 0.3) is 0 Å². The molecule has 0 fully saturated rings. The highest BCUT2D eigenvalue weighted by molar-refractivity contribution is 6.30. The lowest BCUT2D eigenvalue weighted by Gasteiger charge is -2.07. The van der Waals surface area contributed by atoms with Crippen molar-refractivity contribution in [3.8, 4) is 0 Å². The summed E-state index contributed by atoms with van der Waals surface area (Å²) < 4.78 is 0. The van der Waals surface area contributed by atoms with Crippen molar-refractivity contribution in [1.29, 1.82) is 0 Å². The Bertz CT molecular complexity index is 143. The third-order valence-corrected chi connectivity index (χ3v) is 0.858. The average molecular weight is 134 g/mol. The van der Waals surface area contributed by atoms with Crippen LogP contribution in [-0.4, -0.2) is 12.4 Å². The van der Waals surface area contributed by atoms with E-state index in [-0.39, 0.29) is 17.5 Å². The predicted octanol–water partition coefficient (Wildman–Crippen LogP) is 0.170. The molecule has 0 spiro atoms. The molecule has 1 heterocycles. The van der Waals surface area contributed by atoms with E-state index in [0.717, 1.165) is 0 Å². The number of hydroxylamine groups is 1. The van der Waals surface area contributed by atoms with Gasteiger partial charge in [-0.1, -0.05) is 11.6 Å². The Morgan fingerprint density at radius 2 is 2.62 bits per heavy atom. The number of carbonyl (C=O) groups is 1. The van der Waals surface area contributed by atoms with Crippen LogP contribution in [0, 0.1) is 0 Å². The number of ketones is 1. The van der Waals surface area contributed by atoms with Crippen LogP contribution < -0.4 is 5.48 Å². The van der Waals surface area contributed by atoms with Crippen molar-refractivity contribution in [3.05, 3.63) is 11.2 Å². The zero-order chi connectivity index (χ0) is 5.98. The summed E-state index contributed by atoms with van der Waals surface area (Å²) >= 11 is 5.32. The minimum atomic E-state index is -0.117. The monoisotopic (exact) mass is 133 g/mol. The van der Waals surface area contributed by atoms with E-state index < -0.39 is 0 Å². The largest absolute Gasteiger partial charge is 0.292 e. The lowest BCUT2D eigenvalue weighted by molar-refractivity contribution is -0.122. The van der Waals surface area contributed by atoms with Crippen LogP contribution in [0.5, 0.6) is 0 Å². The lowest BCUT2D eigenvalue weighted by atomic mass is 10.4. The van der Waals surface area contributed by atoms with Gasteiger partial charge in [-0.25, -0.2) is 0 Å². The molecular formula is C4H4ClNO2. The SMILES string of the molecule is O=C1C=C(Cl)NOC1. The number of hydrogen-bond donors (Lipinski definition) is 1. The lowest BCUT2D eigenvalue weighted by Crippen LogP contribution is -2.22. The molecule has 0 aromatic carbocycles. The van der Waals surface area contributed by atoms with E-state index in [0.29, 0.717) is 0 Å². The van der Waals surface area contributed by atoms with Crippen molar-refractivity contribution in [2.45, 2.75) is 0 Å². The van der Waals surface area contributed by atoms with E-state index in [1.54, 1.807) is 0 Å². The molecule has 0 aromatic rings. The molecule has 1 rings (SSSR count). The summed E-state index contributed by atoms with van der Waals surface area (Å²) in [6, 6.07) is 0. The third-order valence-electron chi connectivity index (χ3n) is 0.672. The summed E-state index contributed by atoms with van der Waals surface area (Å²) in [5.74, 6) is -0.117. The van der Waals surface area contributed by atoms with E-state index in [4.69, 9.17) is 11.6 Å². The Morgan fingerprint density at radius 1 is 1.88 bits per heavy atom. The summed E-state index contributed by atoms with van der Waals surface area (Å²) in [6.45, 7) is 0.0657. The second-order valence-corrected chi connectivity index (χ2v) is 1.76. The van der Waals surface area contributed by atoms with Gasteiger partial charge in [0.1, 0.15) is 11.8 Å². The molecule has 8 heavy (non-hydrogen) atoms. The molecular weight excluding hydrogens is 130 g/mol. The van der Waals surface area contributed by atoms with Gasteiger partial charge in [-0.15, -0.1) is 0 Å². The molecule has 0 amide bonds. The van der Waals surface area contributed by atoms with Crippen LogP contribution in [-0.2, 0) is 9.63 Å². The van der Waals surface area contributed by atoms with Crippen molar-refractivity contribution in [2.75, 3.05) is 6.61 Å². The van der Waals surface area contributed by atoms with Crippen LogP contribution in [0.1, 0.15) is 0 Å². The first-order valence-electron chi connectivity index (χ1n) is 2.07. The zero-order valence-corrected chi connectivity index (χ0v) is 4.73. The smallest absolute Gasteiger partial charge is 0.187 e. The number of halogens is 1. The molecule has 0 aromatic heterocycles. The quantitative estimate of drug-likeness (QED) is 0.479. The van der Waals surface area contributed by atoms with Gasteiger partial charge in [0.15, 0.2) is 5.78 Å². The van der Waals surface area contributed by atoms with Crippen molar-refractivity contribution in [1.82, 2.24) is 5.48 Å². The minimum Gasteiger partial charge on any atom is -0.292 e. The van der Waals surface area contributed by atoms with Gasteiger partial charge in [-0.2, -0.15) is 0 Å². The average Bonchev–Trinajstić information content (AvgIpc) is 1.64. The van der Waals surface area contributed by atoms with E-state index in [1.165, 1.54) is 6.08 Å². The Kier molecular flexibility index (Phi) is 1.50. The van der Waals surface area contributed by atoms with Gasteiger partial charge < -0.3 is 0 Å². The minimum absolute atomic E-state index is 0.0657. The Hall–Kier alpha value is -0.540. The summed E-state index contributed by atoms with van der Waals surface area (Å²) in [6.07, 6.45) is 1.28. The molecule has 0 radical (unpaired) electrons. The highest BCUT2D eigenvalue weighted by atomic mass is 35.5. The van der Waals surface area contributed by atoms with Gasteiger partial charge in [-0.05, 0) is 0 Å². The fourth-order valence-electron chi connectivity index (χ4n) is 0.389. The molecule has 1 N–H and O–H groups in total. The second-order valence-electron chi connectivity index (χ2n) is 1.35. The molecule has 0 atom stereocenters. The number of nitrogens with one attached hydrogen (secondary N) is 1. The van der Waals surface area contributed by atoms with Crippen LogP contribution in [0.3, 0.4) is 0 Å². The first-order chi connectivity index (χ1) is 3.79. The van der Waals surface area contributed by atoms with Crippen LogP contribution in [0.2, 0.25) is 0 Å². The number of hydrogen-bond acceptors (Lipinski definition) is 3. The Morgan fingerprint density at radius 3 is 3.00 bits per heavy atom. The third kappa shape index (κ3) is 1.21. The fourth-order valence-corrected chi connectivity index (χ4v) is 0.565. The standard InChI is InChI=1S/C4H4ClNO2/c5-4-1-3(7)2-8-6-4/h1,6H,2H2. The number of carbonyl (C=O) groups excluding carboxylic acids is 1. The Labute approximate surface area is 51.2 Å². The summed E-state index contributed by atoms with van der Waals surface area (Å²) in [5.41, 5.74) is 2.32. The molecule has 0 saturated carbocycles. The van der Waals surface area contributed by atoms with Crippen LogP contribution in [0.15, 0.2) is 11.2 Å². The molecule has 1 aliphatic rings. The molecule has 4 heteroatoms. The highest BCUT2D eigenvalue weighted by Crippen LogP contribution is 2.00. The van der Waals surface area contributed by atoms with Crippen LogP contribution in [0.4, 0.5) is 0 Å². The molecule has 1 aliphatic heterocycles. The Balaban J connectivity index is 2.64. The molecule has 0 unspecified atom stereocenters. The van der Waals surface area contributed by atoms with E-state index in [2.05, 4.69) is 10.3 Å². The topological polar surface area (TPSA) is 38.3 Å². The first-order valence-corrected chi connectivity index (χ1v) is 2.44. The summed E-state index contributed by atoms with van der Waals surface area (Å²) in [5, 5.41) is 0.237. The van der Waals surface area contributed by atoms with Gasteiger partial charge in [-0.3, -0.25) is 15.1 Å². The molecule has 0 saturated heterocycles. The zero-order valence-electron chi connectivity index (χ0n) is 3.98. The normalized spacial score (nSPS) is 19.6. The molecule has 44 valence electrons. The van der Waals surface area contributed by atoms with E-state index in [1.807, 2.05) is 0 Å². The van der Waals surface area contributed by atoms with Crippen molar-refractivity contribution >= 4 is 17.4 Å². The van der Waals surface area contributed by atoms with Gasteiger partial charge >= 0.3 is 0 Å². The second kappa shape index (κ2) is 2.15. The maximum atomic E-state index is 10.3. The van der Waals surface area contributed by atoms with Crippen LogP contribution in [0.25, 0.3) is 0 Å². The highest BCUT2D eigenvalue weighted by Gasteiger charge is 2.05. The molecule has 3 nitrogen and oxygen atoms in total. The fraction of sp³-hybridized carbons (Fsp3) is 0.250. The summed E-state index contributed by atoms with van der Waals surface area (Å²) in [7, 11) is 0. The molecule has 0 aliphatic carbocycles.